The summed E-state index contributed by atoms with van der Waals surface area (Å²) in [6.07, 6.45) is 4.07. The zero-order valence-electron chi connectivity index (χ0n) is 6.68. The molecule has 0 aromatic carbocycles. The fourth-order valence-electron chi connectivity index (χ4n) is 2.34. The summed E-state index contributed by atoms with van der Waals surface area (Å²) in [6, 6.07) is 0. The molecular formula is C8H14NOP. The van der Waals surface area contributed by atoms with E-state index in [2.05, 4.69) is 14.1 Å². The van der Waals surface area contributed by atoms with Crippen molar-refractivity contribution in [3.8, 4) is 0 Å². The van der Waals surface area contributed by atoms with Crippen LogP contribution in [0.25, 0.3) is 0 Å². The standard InChI is InChI=1S/C8H14NOP/c10-7-2-1-3-8(4-7)5-9(11)6-8/h1-6,11H2. The average Bonchev–Trinajstić information content (AvgIpc) is 1.84. The Labute approximate surface area is 69.6 Å². The first-order valence-electron chi connectivity index (χ1n) is 4.22. The second-order valence-corrected chi connectivity index (χ2v) is 4.70. The molecule has 0 amide bonds. The Hall–Kier alpha value is 0.0600. The summed E-state index contributed by atoms with van der Waals surface area (Å²) in [4.78, 5) is 11.2. The largest absolute Gasteiger partial charge is 0.300 e. The Morgan fingerprint density at radius 3 is 2.73 bits per heavy atom. The zero-order chi connectivity index (χ0) is 7.90. The number of hydrogen-bond acceptors (Lipinski definition) is 2. The van der Waals surface area contributed by atoms with Crippen LogP contribution in [-0.4, -0.2) is 23.5 Å². The predicted molar refractivity (Wildman–Crippen MR) is 47.2 cm³/mol. The molecule has 11 heavy (non-hydrogen) atoms. The van der Waals surface area contributed by atoms with E-state index in [-0.39, 0.29) is 0 Å². The van der Waals surface area contributed by atoms with E-state index >= 15 is 0 Å². The fourth-order valence-corrected chi connectivity index (χ4v) is 3.12. The van der Waals surface area contributed by atoms with Crippen LogP contribution in [-0.2, 0) is 4.79 Å². The molecule has 1 atom stereocenters. The number of ketones is 1. The molecule has 2 nitrogen and oxygen atoms in total. The molecule has 1 aliphatic carbocycles. The number of carbonyl (C=O) groups excluding carboxylic acids is 1. The van der Waals surface area contributed by atoms with E-state index < -0.39 is 0 Å². The number of Topliss-reactive ketones (excluding diaryl/α,β-unsaturated/α-hetero) is 1. The Morgan fingerprint density at radius 1 is 1.45 bits per heavy atom. The summed E-state index contributed by atoms with van der Waals surface area (Å²) in [5.74, 6) is 0.481. The minimum absolute atomic E-state index is 0.400. The Kier molecular flexibility index (Phi) is 1.77. The van der Waals surface area contributed by atoms with Gasteiger partial charge in [0.15, 0.2) is 0 Å². The predicted octanol–water partition coefficient (Wildman–Crippen LogP) is 1.22. The smallest absolute Gasteiger partial charge is 0.133 e. The van der Waals surface area contributed by atoms with Crippen LogP contribution in [0.2, 0.25) is 0 Å². The maximum Gasteiger partial charge on any atom is 0.133 e. The van der Waals surface area contributed by atoms with E-state index in [1.54, 1.807) is 0 Å². The number of carbonyl (C=O) groups is 1. The third-order valence-corrected chi connectivity index (χ3v) is 3.18. The van der Waals surface area contributed by atoms with Gasteiger partial charge in [-0.05, 0) is 12.8 Å². The van der Waals surface area contributed by atoms with Gasteiger partial charge in [-0.1, -0.05) is 9.39 Å². The van der Waals surface area contributed by atoms with Gasteiger partial charge in [0.05, 0.1) is 0 Å². The lowest BCUT2D eigenvalue weighted by Crippen LogP contribution is -2.53. The maximum absolute atomic E-state index is 11.2. The van der Waals surface area contributed by atoms with Crippen molar-refractivity contribution in [3.05, 3.63) is 0 Å². The van der Waals surface area contributed by atoms with E-state index in [9.17, 15) is 4.79 Å². The molecule has 1 saturated heterocycles. The van der Waals surface area contributed by atoms with Gasteiger partial charge in [-0.3, -0.25) is 9.46 Å². The molecule has 62 valence electrons. The first-order chi connectivity index (χ1) is 5.20. The Balaban J connectivity index is 1.98. The van der Waals surface area contributed by atoms with Crippen molar-refractivity contribution < 1.29 is 4.79 Å². The van der Waals surface area contributed by atoms with E-state index in [1.165, 1.54) is 6.42 Å². The first kappa shape index (κ1) is 7.70. The molecule has 0 aromatic heterocycles. The SMILES string of the molecule is O=C1CCCC2(C1)CN(P)C2. The molecule has 0 aromatic rings. The average molecular weight is 171 g/mol. The van der Waals surface area contributed by atoms with Crippen molar-refractivity contribution in [3.63, 3.8) is 0 Å². The van der Waals surface area contributed by atoms with E-state index in [0.717, 1.165) is 32.4 Å². The van der Waals surface area contributed by atoms with Crippen LogP contribution >= 0.6 is 9.39 Å². The van der Waals surface area contributed by atoms with Gasteiger partial charge in [0, 0.05) is 31.3 Å². The van der Waals surface area contributed by atoms with Gasteiger partial charge in [-0.15, -0.1) is 0 Å². The minimum Gasteiger partial charge on any atom is -0.300 e. The van der Waals surface area contributed by atoms with Gasteiger partial charge in [0.2, 0.25) is 0 Å². The molecular weight excluding hydrogens is 157 g/mol. The fraction of sp³-hybridized carbons (Fsp3) is 0.875. The van der Waals surface area contributed by atoms with Crippen LogP contribution in [0.4, 0.5) is 0 Å². The Morgan fingerprint density at radius 2 is 2.18 bits per heavy atom. The van der Waals surface area contributed by atoms with Crippen molar-refractivity contribution in [2.24, 2.45) is 5.41 Å². The molecule has 2 rings (SSSR count). The summed E-state index contributed by atoms with van der Waals surface area (Å²) in [6.45, 7) is 2.23. The summed E-state index contributed by atoms with van der Waals surface area (Å²) in [5.41, 5.74) is 0.400. The van der Waals surface area contributed by atoms with E-state index in [0.29, 0.717) is 11.2 Å². The topological polar surface area (TPSA) is 20.3 Å². The van der Waals surface area contributed by atoms with Gasteiger partial charge in [0.25, 0.3) is 0 Å². The summed E-state index contributed by atoms with van der Waals surface area (Å²) < 4.78 is 2.22. The van der Waals surface area contributed by atoms with Gasteiger partial charge in [-0.2, -0.15) is 0 Å². The van der Waals surface area contributed by atoms with Gasteiger partial charge < -0.3 is 0 Å². The van der Waals surface area contributed by atoms with Crippen molar-refractivity contribution in [1.29, 1.82) is 0 Å². The van der Waals surface area contributed by atoms with Gasteiger partial charge in [0.1, 0.15) is 5.78 Å². The molecule has 1 aliphatic heterocycles. The zero-order valence-corrected chi connectivity index (χ0v) is 7.83. The second-order valence-electron chi connectivity index (χ2n) is 3.97. The number of hydrogen-bond donors (Lipinski definition) is 0. The highest BCUT2D eigenvalue weighted by Crippen LogP contribution is 2.43. The summed E-state index contributed by atoms with van der Waals surface area (Å²) >= 11 is 0. The second kappa shape index (κ2) is 2.53. The van der Waals surface area contributed by atoms with Gasteiger partial charge in [-0.25, -0.2) is 0 Å². The van der Waals surface area contributed by atoms with Crippen LogP contribution in [0.1, 0.15) is 25.7 Å². The van der Waals surface area contributed by atoms with Crippen molar-refractivity contribution in [1.82, 2.24) is 4.67 Å². The van der Waals surface area contributed by atoms with Gasteiger partial charge >= 0.3 is 0 Å². The highest BCUT2D eigenvalue weighted by Gasteiger charge is 2.43. The van der Waals surface area contributed by atoms with Crippen molar-refractivity contribution >= 4 is 15.2 Å². The minimum atomic E-state index is 0.400. The molecule has 1 spiro atoms. The third-order valence-electron chi connectivity index (χ3n) is 2.81. The third kappa shape index (κ3) is 1.34. The molecule has 1 unspecified atom stereocenters. The lowest BCUT2D eigenvalue weighted by atomic mass is 9.69. The van der Waals surface area contributed by atoms with Crippen molar-refractivity contribution in [2.45, 2.75) is 25.7 Å². The number of nitrogens with zero attached hydrogens (tertiary/aromatic N) is 1. The van der Waals surface area contributed by atoms with Crippen LogP contribution in [0.3, 0.4) is 0 Å². The monoisotopic (exact) mass is 171 g/mol. The molecule has 1 heterocycles. The molecule has 0 radical (unpaired) electrons. The molecule has 3 heteroatoms. The highest BCUT2D eigenvalue weighted by atomic mass is 31.0. The lowest BCUT2D eigenvalue weighted by molar-refractivity contribution is -0.126. The molecule has 2 fully saturated rings. The Bertz CT molecular complexity index is 181. The van der Waals surface area contributed by atoms with E-state index in [4.69, 9.17) is 0 Å². The number of rotatable bonds is 0. The van der Waals surface area contributed by atoms with Crippen LogP contribution in [0.5, 0.6) is 0 Å². The molecule has 2 aliphatic rings. The van der Waals surface area contributed by atoms with Crippen LogP contribution < -0.4 is 0 Å². The highest BCUT2D eigenvalue weighted by molar-refractivity contribution is 7.13. The molecule has 1 saturated carbocycles. The summed E-state index contributed by atoms with van der Waals surface area (Å²) in [5, 5.41) is 0. The quantitative estimate of drug-likeness (QED) is 0.511. The van der Waals surface area contributed by atoms with E-state index in [1.807, 2.05) is 0 Å². The van der Waals surface area contributed by atoms with Crippen LogP contribution in [0.15, 0.2) is 0 Å². The van der Waals surface area contributed by atoms with Crippen LogP contribution in [0, 0.1) is 5.41 Å². The molecule has 0 bridgehead atoms. The maximum atomic E-state index is 11.2. The normalized spacial score (nSPS) is 30.5. The van der Waals surface area contributed by atoms with Crippen molar-refractivity contribution in [2.75, 3.05) is 13.1 Å². The summed E-state index contributed by atoms with van der Waals surface area (Å²) in [7, 11) is 2.70. The lowest BCUT2D eigenvalue weighted by Gasteiger charge is -2.50. The molecule has 0 N–H and O–H groups in total. The first-order valence-corrected chi connectivity index (χ1v) is 4.73.